The lowest BCUT2D eigenvalue weighted by Gasteiger charge is -2.27. The number of aliphatic hydroxyl groups is 1. The number of halogens is 2. The van der Waals surface area contributed by atoms with Crippen LogP contribution in [0, 0.1) is 5.92 Å². The molecule has 2 unspecified atom stereocenters. The number of anilines is 1. The summed E-state index contributed by atoms with van der Waals surface area (Å²) in [6, 6.07) is 3.31. The normalized spacial score (nSPS) is 21.9. The van der Waals surface area contributed by atoms with Crippen LogP contribution in [0.3, 0.4) is 0 Å². The maximum absolute atomic E-state index is 12.8. The number of rotatable bonds is 6. The van der Waals surface area contributed by atoms with E-state index in [1.54, 1.807) is 12.1 Å². The molecule has 2 aromatic heterocycles. The molecule has 0 aliphatic heterocycles. The Bertz CT molecular complexity index is 648. The zero-order valence-electron chi connectivity index (χ0n) is 12.8. The summed E-state index contributed by atoms with van der Waals surface area (Å²) in [6.07, 6.45) is 3.29. The van der Waals surface area contributed by atoms with Crippen molar-refractivity contribution in [3.05, 3.63) is 18.0 Å². The summed E-state index contributed by atoms with van der Waals surface area (Å²) < 4.78 is 26.7. The van der Waals surface area contributed by atoms with Gasteiger partial charge in [-0.3, -0.25) is 0 Å². The predicted molar refractivity (Wildman–Crippen MR) is 81.4 cm³/mol. The Hall–Kier alpha value is -1.83. The van der Waals surface area contributed by atoms with Crippen LogP contribution in [0.25, 0.3) is 5.65 Å². The van der Waals surface area contributed by atoms with Gasteiger partial charge in [0.05, 0.1) is 6.10 Å². The molecular weight excluding hydrogens is 304 g/mol. The smallest absolute Gasteiger partial charge is 0.299 e. The van der Waals surface area contributed by atoms with Gasteiger partial charge in [-0.2, -0.15) is 4.52 Å². The molecule has 1 aliphatic carbocycles. The third kappa shape index (κ3) is 3.74. The molecule has 23 heavy (non-hydrogen) atoms. The van der Waals surface area contributed by atoms with E-state index in [-0.39, 0.29) is 6.10 Å². The molecule has 0 bridgehead atoms. The first-order valence-electron chi connectivity index (χ1n) is 8.07. The molecule has 1 saturated carbocycles. The fourth-order valence-corrected chi connectivity index (χ4v) is 3.14. The van der Waals surface area contributed by atoms with Crippen LogP contribution in [0.2, 0.25) is 0 Å². The van der Waals surface area contributed by atoms with Gasteiger partial charge in [0.25, 0.3) is 6.43 Å². The van der Waals surface area contributed by atoms with E-state index < -0.39 is 12.2 Å². The molecule has 0 spiro atoms. The van der Waals surface area contributed by atoms with Gasteiger partial charge in [0.1, 0.15) is 5.82 Å². The fourth-order valence-electron chi connectivity index (χ4n) is 3.14. The van der Waals surface area contributed by atoms with Crippen LogP contribution in [0.5, 0.6) is 0 Å². The Kier molecular flexibility index (Phi) is 5.00. The highest BCUT2D eigenvalue weighted by atomic mass is 19.3. The molecular formula is C15H21F2N5O. The maximum Gasteiger partial charge on any atom is 0.299 e. The van der Waals surface area contributed by atoms with E-state index in [0.717, 1.165) is 36.6 Å². The van der Waals surface area contributed by atoms with Gasteiger partial charge in [0.2, 0.25) is 5.82 Å². The van der Waals surface area contributed by atoms with Crippen molar-refractivity contribution in [2.24, 2.45) is 5.92 Å². The third-order valence-electron chi connectivity index (χ3n) is 4.41. The minimum atomic E-state index is -2.71. The second kappa shape index (κ2) is 7.16. The molecule has 6 nitrogen and oxygen atoms in total. The highest BCUT2D eigenvalue weighted by Gasteiger charge is 2.22. The highest BCUT2D eigenvalue weighted by molar-refractivity contribution is 5.43. The first kappa shape index (κ1) is 16.0. The SMILES string of the molecule is OC1CCCCC1CCCNc1ccc2nnc(C(F)F)n2n1. The van der Waals surface area contributed by atoms with E-state index in [9.17, 15) is 13.9 Å². The average Bonchev–Trinajstić information content (AvgIpc) is 2.96. The van der Waals surface area contributed by atoms with Gasteiger partial charge < -0.3 is 10.4 Å². The van der Waals surface area contributed by atoms with E-state index in [2.05, 4.69) is 20.6 Å². The van der Waals surface area contributed by atoms with Crippen LogP contribution in [0.1, 0.15) is 50.8 Å². The second-order valence-corrected chi connectivity index (χ2v) is 6.03. The van der Waals surface area contributed by atoms with Gasteiger partial charge in [-0.15, -0.1) is 15.3 Å². The Morgan fingerprint density at radius 3 is 2.87 bits per heavy atom. The Balaban J connectivity index is 1.54. The number of nitrogens with one attached hydrogen (secondary N) is 1. The van der Waals surface area contributed by atoms with E-state index >= 15 is 0 Å². The molecule has 1 aliphatic rings. The molecule has 2 atom stereocenters. The van der Waals surface area contributed by atoms with Crippen LogP contribution in [-0.2, 0) is 0 Å². The highest BCUT2D eigenvalue weighted by Crippen LogP contribution is 2.27. The van der Waals surface area contributed by atoms with Gasteiger partial charge in [-0.25, -0.2) is 8.78 Å². The summed E-state index contributed by atoms with van der Waals surface area (Å²) in [6.45, 7) is 0.688. The van der Waals surface area contributed by atoms with Crippen molar-refractivity contribution >= 4 is 11.5 Å². The van der Waals surface area contributed by atoms with E-state index in [4.69, 9.17) is 0 Å². The van der Waals surface area contributed by atoms with Gasteiger partial charge >= 0.3 is 0 Å². The Labute approximate surface area is 132 Å². The summed E-state index contributed by atoms with van der Waals surface area (Å²) in [5, 5.41) is 24.3. The zero-order chi connectivity index (χ0) is 16.2. The summed E-state index contributed by atoms with van der Waals surface area (Å²) in [5.74, 6) is 0.446. The van der Waals surface area contributed by atoms with E-state index in [1.165, 1.54) is 6.42 Å². The van der Waals surface area contributed by atoms with E-state index in [0.29, 0.717) is 23.9 Å². The summed E-state index contributed by atoms with van der Waals surface area (Å²) >= 11 is 0. The zero-order valence-corrected chi connectivity index (χ0v) is 12.8. The standard InChI is InChI=1S/C15H21F2N5O/c16-14(17)15-20-19-13-8-7-12(21-22(13)15)18-9-3-5-10-4-1-2-6-11(10)23/h7-8,10-11,14,23H,1-6,9H2,(H,18,21). The van der Waals surface area contributed by atoms with Crippen molar-refractivity contribution in [2.75, 3.05) is 11.9 Å². The predicted octanol–water partition coefficient (Wildman–Crippen LogP) is 2.81. The quantitative estimate of drug-likeness (QED) is 0.799. The molecule has 1 fully saturated rings. The van der Waals surface area contributed by atoms with Crippen LogP contribution in [0.4, 0.5) is 14.6 Å². The molecule has 8 heteroatoms. The summed E-state index contributed by atoms with van der Waals surface area (Å²) in [4.78, 5) is 0. The van der Waals surface area contributed by atoms with Crippen molar-refractivity contribution in [3.63, 3.8) is 0 Å². The van der Waals surface area contributed by atoms with Crippen molar-refractivity contribution in [1.29, 1.82) is 0 Å². The minimum absolute atomic E-state index is 0.177. The first-order chi connectivity index (χ1) is 11.1. The van der Waals surface area contributed by atoms with Crippen LogP contribution in [0.15, 0.2) is 12.1 Å². The van der Waals surface area contributed by atoms with Gasteiger partial charge in [0, 0.05) is 6.54 Å². The fraction of sp³-hybridized carbons (Fsp3) is 0.667. The number of alkyl halides is 2. The number of hydrogen-bond donors (Lipinski definition) is 2. The molecule has 126 valence electrons. The average molecular weight is 325 g/mol. The molecule has 2 heterocycles. The van der Waals surface area contributed by atoms with Crippen molar-refractivity contribution in [2.45, 2.75) is 51.1 Å². The summed E-state index contributed by atoms with van der Waals surface area (Å²) in [7, 11) is 0. The van der Waals surface area contributed by atoms with Crippen molar-refractivity contribution < 1.29 is 13.9 Å². The Morgan fingerprint density at radius 1 is 1.26 bits per heavy atom. The first-order valence-corrected chi connectivity index (χ1v) is 8.07. The van der Waals surface area contributed by atoms with Crippen LogP contribution < -0.4 is 5.32 Å². The number of nitrogens with zero attached hydrogens (tertiary/aromatic N) is 4. The molecule has 0 amide bonds. The molecule has 0 saturated heterocycles. The molecule has 3 rings (SSSR count). The Morgan fingerprint density at radius 2 is 2.09 bits per heavy atom. The third-order valence-corrected chi connectivity index (χ3v) is 4.41. The molecule has 0 radical (unpaired) electrons. The lowest BCUT2D eigenvalue weighted by molar-refractivity contribution is 0.0648. The lowest BCUT2D eigenvalue weighted by Crippen LogP contribution is -2.24. The summed E-state index contributed by atoms with van der Waals surface area (Å²) in [5.41, 5.74) is 0.302. The van der Waals surface area contributed by atoms with Crippen LogP contribution in [-0.4, -0.2) is 37.6 Å². The van der Waals surface area contributed by atoms with Gasteiger partial charge in [-0.05, 0) is 43.7 Å². The number of aliphatic hydroxyl groups excluding tert-OH is 1. The monoisotopic (exact) mass is 325 g/mol. The second-order valence-electron chi connectivity index (χ2n) is 6.03. The maximum atomic E-state index is 12.8. The van der Waals surface area contributed by atoms with Crippen molar-refractivity contribution in [1.82, 2.24) is 19.8 Å². The van der Waals surface area contributed by atoms with E-state index in [1.807, 2.05) is 0 Å². The topological polar surface area (TPSA) is 75.3 Å². The minimum Gasteiger partial charge on any atom is -0.393 e. The largest absolute Gasteiger partial charge is 0.393 e. The molecule has 2 aromatic rings. The van der Waals surface area contributed by atoms with Crippen LogP contribution >= 0.6 is 0 Å². The lowest BCUT2D eigenvalue weighted by atomic mass is 9.83. The number of aromatic nitrogens is 4. The molecule has 0 aromatic carbocycles. The number of hydrogen-bond acceptors (Lipinski definition) is 5. The van der Waals surface area contributed by atoms with Gasteiger partial charge in [0.15, 0.2) is 5.65 Å². The van der Waals surface area contributed by atoms with Crippen molar-refractivity contribution in [3.8, 4) is 0 Å². The molecule has 2 N–H and O–H groups in total. The van der Waals surface area contributed by atoms with Gasteiger partial charge in [-0.1, -0.05) is 12.8 Å². The number of fused-ring (bicyclic) bond motifs is 1.